The van der Waals surface area contributed by atoms with Crippen LogP contribution in [0.1, 0.15) is 13.8 Å². The molecule has 1 saturated heterocycles. The van der Waals surface area contributed by atoms with E-state index in [4.69, 9.17) is 14.9 Å². The molecule has 1 aliphatic rings. The van der Waals surface area contributed by atoms with Gasteiger partial charge in [0.2, 0.25) is 12.7 Å². The molecule has 0 spiro atoms. The third kappa shape index (κ3) is 8.22. The zero-order valence-electron chi connectivity index (χ0n) is 15.5. The van der Waals surface area contributed by atoms with Gasteiger partial charge in [0.05, 0.1) is 6.04 Å². The maximum absolute atomic E-state index is 12.4. The third-order valence-corrected chi connectivity index (χ3v) is 4.32. The molecule has 1 fully saturated rings. The number of rotatable bonds is 8. The van der Waals surface area contributed by atoms with E-state index in [0.29, 0.717) is 19.6 Å². The fraction of sp³-hybridized carbons (Fsp3) is 0.786. The molecule has 0 aromatic heterocycles. The number of carbonyl (C=O) groups is 3. The minimum atomic E-state index is -4.83. The molecule has 13 heteroatoms. The number of amides is 2. The number of likely N-dealkylation sites (N-methyl/N-ethyl adjacent to an activating group) is 1. The normalized spacial score (nSPS) is 18.4. The number of phosphoric ester groups is 1. The number of hydrogen-bond donors (Lipinski definition) is 3. The first-order valence-electron chi connectivity index (χ1n) is 8.23. The van der Waals surface area contributed by atoms with E-state index in [9.17, 15) is 18.9 Å². The van der Waals surface area contributed by atoms with Crippen LogP contribution >= 0.6 is 7.82 Å². The van der Waals surface area contributed by atoms with Crippen molar-refractivity contribution in [1.29, 1.82) is 0 Å². The van der Waals surface area contributed by atoms with Gasteiger partial charge < -0.3 is 29.4 Å². The second-order valence-electron chi connectivity index (χ2n) is 6.52. The van der Waals surface area contributed by atoms with E-state index in [1.54, 1.807) is 18.7 Å². The summed E-state index contributed by atoms with van der Waals surface area (Å²) >= 11 is 0. The second-order valence-corrected chi connectivity index (χ2v) is 7.76. The summed E-state index contributed by atoms with van der Waals surface area (Å²) in [6, 6.07) is -0.451. The highest BCUT2D eigenvalue weighted by Crippen LogP contribution is 2.35. The Hall–Kier alpha value is -1.72. The molecule has 1 heterocycles. The first kappa shape index (κ1) is 23.3. The Kier molecular flexibility index (Phi) is 8.63. The van der Waals surface area contributed by atoms with Crippen molar-refractivity contribution in [3.05, 3.63) is 0 Å². The Morgan fingerprint density at radius 1 is 1.26 bits per heavy atom. The minimum absolute atomic E-state index is 0.107. The van der Waals surface area contributed by atoms with Crippen molar-refractivity contribution < 1.29 is 43.1 Å². The van der Waals surface area contributed by atoms with Gasteiger partial charge in [-0.05, 0) is 7.05 Å². The summed E-state index contributed by atoms with van der Waals surface area (Å²) in [4.78, 5) is 57.2. The topological polar surface area (TPSA) is 157 Å². The molecule has 27 heavy (non-hydrogen) atoms. The van der Waals surface area contributed by atoms with Crippen molar-refractivity contribution >= 4 is 25.8 Å². The smallest absolute Gasteiger partial charge is 0.472 e. The fourth-order valence-corrected chi connectivity index (χ4v) is 2.84. The maximum Gasteiger partial charge on any atom is 0.472 e. The molecule has 0 bridgehead atoms. The van der Waals surface area contributed by atoms with Crippen molar-refractivity contribution in [3.8, 4) is 0 Å². The maximum atomic E-state index is 12.4. The number of piperazine rings is 1. The van der Waals surface area contributed by atoms with Gasteiger partial charge >= 0.3 is 19.9 Å². The number of phosphoric acid groups is 1. The molecular weight excluding hydrogens is 385 g/mol. The average Bonchev–Trinajstić information content (AvgIpc) is 2.52. The van der Waals surface area contributed by atoms with Gasteiger partial charge in [-0.1, -0.05) is 13.8 Å². The van der Waals surface area contributed by atoms with Crippen LogP contribution in [0.4, 0.5) is 4.79 Å². The van der Waals surface area contributed by atoms with Gasteiger partial charge in [0.25, 0.3) is 0 Å². The highest BCUT2D eigenvalue weighted by molar-refractivity contribution is 7.46. The predicted molar refractivity (Wildman–Crippen MR) is 91.5 cm³/mol. The van der Waals surface area contributed by atoms with E-state index in [0.717, 1.165) is 4.90 Å². The van der Waals surface area contributed by atoms with E-state index >= 15 is 0 Å². The largest absolute Gasteiger partial charge is 0.480 e. The Morgan fingerprint density at radius 3 is 2.41 bits per heavy atom. The molecule has 0 aromatic rings. The zero-order chi connectivity index (χ0) is 20.8. The zero-order valence-corrected chi connectivity index (χ0v) is 16.4. The average molecular weight is 411 g/mol. The molecular formula is C14H26N3O9P. The van der Waals surface area contributed by atoms with E-state index < -0.39 is 39.3 Å². The third-order valence-electron chi connectivity index (χ3n) is 3.88. The molecule has 2 amide bonds. The predicted octanol–water partition coefficient (Wildman–Crippen LogP) is -0.625. The molecule has 0 radical (unpaired) electrons. The van der Waals surface area contributed by atoms with E-state index in [1.807, 2.05) is 11.9 Å². The van der Waals surface area contributed by atoms with E-state index in [-0.39, 0.29) is 18.4 Å². The van der Waals surface area contributed by atoms with Gasteiger partial charge in [-0.2, -0.15) is 0 Å². The first-order valence-corrected chi connectivity index (χ1v) is 9.76. The van der Waals surface area contributed by atoms with Crippen LogP contribution in [0, 0.1) is 5.92 Å². The van der Waals surface area contributed by atoms with Gasteiger partial charge in [0, 0.05) is 32.1 Å². The Balaban J connectivity index is 2.84. The van der Waals surface area contributed by atoms with Crippen LogP contribution in [-0.4, -0.2) is 100 Å². The molecule has 0 aromatic carbocycles. The number of ether oxygens (including phenoxy) is 1. The molecule has 1 unspecified atom stereocenters. The number of carboxylic acids is 1. The first-order chi connectivity index (χ1) is 12.4. The summed E-state index contributed by atoms with van der Waals surface area (Å²) in [7, 11) is -2.98. The van der Waals surface area contributed by atoms with Crippen molar-refractivity contribution in [2.24, 2.45) is 5.92 Å². The quantitative estimate of drug-likeness (QED) is 0.347. The summed E-state index contributed by atoms with van der Waals surface area (Å²) in [5.74, 6) is -1.66. The van der Waals surface area contributed by atoms with Crippen LogP contribution in [0.2, 0.25) is 0 Å². The van der Waals surface area contributed by atoms with Crippen LogP contribution in [0.15, 0.2) is 0 Å². The SMILES string of the molecule is CC(C)C(=O)N1CCN(C)CC1CN(CC(=O)O)C(=O)OCOP(=O)(O)O. The molecule has 156 valence electrons. The minimum Gasteiger partial charge on any atom is -0.480 e. The number of nitrogens with zero attached hydrogens (tertiary/aromatic N) is 3. The molecule has 0 saturated carbocycles. The Bertz CT molecular complexity index is 594. The lowest BCUT2D eigenvalue weighted by atomic mass is 10.1. The highest BCUT2D eigenvalue weighted by atomic mass is 31.2. The summed E-state index contributed by atoms with van der Waals surface area (Å²) in [6.07, 6.45) is -1.11. The number of carboxylic acid groups (broad SMARTS) is 1. The van der Waals surface area contributed by atoms with Crippen LogP contribution in [0.5, 0.6) is 0 Å². The monoisotopic (exact) mass is 411 g/mol. The van der Waals surface area contributed by atoms with E-state index in [2.05, 4.69) is 9.26 Å². The van der Waals surface area contributed by atoms with Gasteiger partial charge in [-0.15, -0.1) is 0 Å². The second kappa shape index (κ2) is 10.00. The van der Waals surface area contributed by atoms with Crippen LogP contribution in [-0.2, 0) is 23.4 Å². The van der Waals surface area contributed by atoms with Crippen molar-refractivity contribution in [1.82, 2.24) is 14.7 Å². The summed E-state index contributed by atoms with van der Waals surface area (Å²) in [5.41, 5.74) is 0. The van der Waals surface area contributed by atoms with Gasteiger partial charge in [0.15, 0.2) is 0 Å². The molecule has 1 rings (SSSR count). The van der Waals surface area contributed by atoms with E-state index in [1.165, 1.54) is 0 Å². The van der Waals surface area contributed by atoms with Crippen molar-refractivity contribution in [2.45, 2.75) is 19.9 Å². The van der Waals surface area contributed by atoms with Crippen LogP contribution in [0.25, 0.3) is 0 Å². The molecule has 1 atom stereocenters. The van der Waals surface area contributed by atoms with Crippen molar-refractivity contribution in [3.63, 3.8) is 0 Å². The number of aliphatic carboxylic acids is 1. The molecule has 3 N–H and O–H groups in total. The highest BCUT2D eigenvalue weighted by Gasteiger charge is 2.33. The Labute approximate surface area is 156 Å². The van der Waals surface area contributed by atoms with Crippen molar-refractivity contribution in [2.75, 3.05) is 46.6 Å². The standard InChI is InChI=1S/C14H26N3O9P/c1-10(2)13(20)17-5-4-15(3)6-11(17)7-16(8-12(18)19)14(21)25-9-26-27(22,23)24/h10-11H,4-9H2,1-3H3,(H,18,19)(H2,22,23,24). The fourth-order valence-electron chi connectivity index (χ4n) is 2.65. The van der Waals surface area contributed by atoms with Gasteiger partial charge in [-0.25, -0.2) is 13.9 Å². The lowest BCUT2D eigenvalue weighted by molar-refractivity contribution is -0.140. The lowest BCUT2D eigenvalue weighted by Gasteiger charge is -2.42. The lowest BCUT2D eigenvalue weighted by Crippen LogP contribution is -2.59. The molecule has 12 nitrogen and oxygen atoms in total. The summed E-state index contributed by atoms with van der Waals surface area (Å²) in [6.45, 7) is 3.19. The summed E-state index contributed by atoms with van der Waals surface area (Å²) < 4.78 is 19.2. The van der Waals surface area contributed by atoms with Gasteiger partial charge in [0.1, 0.15) is 6.54 Å². The number of carbonyl (C=O) groups excluding carboxylic acids is 2. The van der Waals surface area contributed by atoms with Crippen LogP contribution < -0.4 is 0 Å². The summed E-state index contributed by atoms with van der Waals surface area (Å²) in [5, 5.41) is 9.04. The Morgan fingerprint density at radius 2 is 1.89 bits per heavy atom. The molecule has 0 aliphatic carbocycles. The molecule has 1 aliphatic heterocycles. The number of hydrogen-bond acceptors (Lipinski definition) is 7. The van der Waals surface area contributed by atoms with Crippen LogP contribution in [0.3, 0.4) is 0 Å². The van der Waals surface area contributed by atoms with Gasteiger partial charge in [-0.3, -0.25) is 14.5 Å².